The monoisotopic (exact) mass is 423 g/mol. The first kappa shape index (κ1) is 21.2. The van der Waals surface area contributed by atoms with Gasteiger partial charge in [0.25, 0.3) is 5.56 Å². The minimum Gasteiger partial charge on any atom is -0.393 e. The maximum atomic E-state index is 12.8. The van der Waals surface area contributed by atoms with Crippen molar-refractivity contribution in [3.63, 3.8) is 0 Å². The second-order valence-corrected chi connectivity index (χ2v) is 8.26. The van der Waals surface area contributed by atoms with E-state index in [1.165, 1.54) is 4.57 Å². The standard InChI is InChI=1S/C21H27Cl2N3O2/c1-3-16(27)8-7-15-9-11-25(12-10-15)19-13-20(28)26(14(2)24-19)18-6-4-5-17(22)21(18)23/h4-6,13,15-16,27H,3,7-12H2,1-2H3/t16-/m0/s1. The Kier molecular flexibility index (Phi) is 7.02. The van der Waals surface area contributed by atoms with Gasteiger partial charge < -0.3 is 10.0 Å². The van der Waals surface area contributed by atoms with Crippen molar-refractivity contribution in [2.45, 2.75) is 52.1 Å². The van der Waals surface area contributed by atoms with Crippen molar-refractivity contribution < 1.29 is 5.11 Å². The number of rotatable bonds is 6. The Morgan fingerprint density at radius 3 is 2.64 bits per heavy atom. The van der Waals surface area contributed by atoms with Gasteiger partial charge in [-0.3, -0.25) is 9.36 Å². The van der Waals surface area contributed by atoms with Gasteiger partial charge >= 0.3 is 0 Å². The molecule has 28 heavy (non-hydrogen) atoms. The summed E-state index contributed by atoms with van der Waals surface area (Å²) < 4.78 is 1.50. The smallest absolute Gasteiger partial charge is 0.260 e. The molecule has 0 saturated carbocycles. The van der Waals surface area contributed by atoms with E-state index in [1.54, 1.807) is 31.2 Å². The first-order valence-corrected chi connectivity index (χ1v) is 10.6. The van der Waals surface area contributed by atoms with Crippen molar-refractivity contribution in [3.05, 3.63) is 50.5 Å². The molecule has 0 radical (unpaired) electrons. The maximum Gasteiger partial charge on any atom is 0.260 e. The summed E-state index contributed by atoms with van der Waals surface area (Å²) in [6.07, 6.45) is 4.67. The molecule has 1 aromatic carbocycles. The number of nitrogens with zero attached hydrogens (tertiary/aromatic N) is 3. The summed E-state index contributed by atoms with van der Waals surface area (Å²) in [6.45, 7) is 5.57. The van der Waals surface area contributed by atoms with E-state index in [0.717, 1.165) is 45.2 Å². The van der Waals surface area contributed by atoms with Gasteiger partial charge in [0.05, 0.1) is 21.8 Å². The Bertz CT molecular complexity index is 876. The molecule has 1 atom stereocenters. The molecule has 0 unspecified atom stereocenters. The van der Waals surface area contributed by atoms with Gasteiger partial charge in [-0.15, -0.1) is 0 Å². The summed E-state index contributed by atoms with van der Waals surface area (Å²) in [4.78, 5) is 19.6. The van der Waals surface area contributed by atoms with Crippen LogP contribution in [0.25, 0.3) is 5.69 Å². The van der Waals surface area contributed by atoms with Crippen molar-refractivity contribution >= 4 is 29.0 Å². The quantitative estimate of drug-likeness (QED) is 0.736. The van der Waals surface area contributed by atoms with E-state index in [2.05, 4.69) is 9.88 Å². The van der Waals surface area contributed by atoms with Crippen LogP contribution in [0.15, 0.2) is 29.1 Å². The molecule has 1 aliphatic heterocycles. The average molecular weight is 424 g/mol. The molecular formula is C21H27Cl2N3O2. The fourth-order valence-corrected chi connectivity index (χ4v) is 4.17. The third kappa shape index (κ3) is 4.70. The van der Waals surface area contributed by atoms with Crippen LogP contribution in [0.1, 0.15) is 44.9 Å². The number of aromatic nitrogens is 2. The summed E-state index contributed by atoms with van der Waals surface area (Å²) in [6, 6.07) is 6.80. The maximum absolute atomic E-state index is 12.8. The Morgan fingerprint density at radius 1 is 1.29 bits per heavy atom. The predicted molar refractivity (Wildman–Crippen MR) is 115 cm³/mol. The summed E-state index contributed by atoms with van der Waals surface area (Å²) >= 11 is 12.4. The van der Waals surface area contributed by atoms with Crippen LogP contribution in [-0.2, 0) is 0 Å². The SMILES string of the molecule is CC[C@H](O)CCC1CCN(c2cc(=O)n(-c3cccc(Cl)c3Cl)c(C)n2)CC1. The minimum atomic E-state index is -0.187. The number of hydrogen-bond donors (Lipinski definition) is 1. The van der Waals surface area contributed by atoms with Gasteiger partial charge in [0.2, 0.25) is 0 Å². The van der Waals surface area contributed by atoms with Crippen LogP contribution in [0.4, 0.5) is 5.82 Å². The lowest BCUT2D eigenvalue weighted by Crippen LogP contribution is -2.36. The molecule has 2 heterocycles. The first-order chi connectivity index (χ1) is 13.4. The van der Waals surface area contributed by atoms with Gasteiger partial charge in [-0.05, 0) is 57.1 Å². The number of aliphatic hydroxyl groups is 1. The molecule has 1 aromatic heterocycles. The molecule has 0 bridgehead atoms. The molecule has 2 aromatic rings. The van der Waals surface area contributed by atoms with Crippen LogP contribution in [0, 0.1) is 12.8 Å². The second kappa shape index (κ2) is 9.29. The zero-order chi connectivity index (χ0) is 20.3. The highest BCUT2D eigenvalue weighted by Crippen LogP contribution is 2.29. The predicted octanol–water partition coefficient (Wildman–Crippen LogP) is 4.62. The van der Waals surface area contributed by atoms with E-state index in [0.29, 0.717) is 33.3 Å². The number of aryl methyl sites for hydroxylation is 1. The van der Waals surface area contributed by atoms with E-state index in [-0.39, 0.29) is 11.7 Å². The number of hydrogen-bond acceptors (Lipinski definition) is 4. The summed E-state index contributed by atoms with van der Waals surface area (Å²) in [7, 11) is 0. The van der Waals surface area contributed by atoms with E-state index in [9.17, 15) is 9.90 Å². The Balaban J connectivity index is 1.74. The Labute approximate surface area is 175 Å². The van der Waals surface area contributed by atoms with Gasteiger partial charge in [0, 0.05) is 19.2 Å². The van der Waals surface area contributed by atoms with E-state index >= 15 is 0 Å². The molecule has 5 nitrogen and oxygen atoms in total. The molecule has 0 amide bonds. The van der Waals surface area contributed by atoms with Gasteiger partial charge in [-0.2, -0.15) is 0 Å². The van der Waals surface area contributed by atoms with Crippen molar-refractivity contribution in [2.75, 3.05) is 18.0 Å². The number of halogens is 2. The third-order valence-electron chi connectivity index (χ3n) is 5.56. The molecular weight excluding hydrogens is 397 g/mol. The van der Waals surface area contributed by atoms with Gasteiger partial charge in [0.15, 0.2) is 0 Å². The summed E-state index contributed by atoms with van der Waals surface area (Å²) in [5, 5.41) is 10.5. The third-order valence-corrected chi connectivity index (χ3v) is 6.37. The Hall–Kier alpha value is -1.56. The number of benzene rings is 1. The van der Waals surface area contributed by atoms with Crippen LogP contribution in [0.3, 0.4) is 0 Å². The zero-order valence-electron chi connectivity index (χ0n) is 16.4. The molecule has 1 fully saturated rings. The molecule has 1 aliphatic rings. The topological polar surface area (TPSA) is 58.4 Å². The van der Waals surface area contributed by atoms with Crippen molar-refractivity contribution in [1.82, 2.24) is 9.55 Å². The lowest BCUT2D eigenvalue weighted by atomic mass is 9.90. The fraction of sp³-hybridized carbons (Fsp3) is 0.524. The minimum absolute atomic E-state index is 0.167. The van der Waals surface area contributed by atoms with Crippen molar-refractivity contribution in [3.8, 4) is 5.69 Å². The average Bonchev–Trinajstić information content (AvgIpc) is 2.69. The zero-order valence-corrected chi connectivity index (χ0v) is 17.9. The first-order valence-electron chi connectivity index (χ1n) is 9.88. The van der Waals surface area contributed by atoms with Gasteiger partial charge in [-0.25, -0.2) is 4.98 Å². The lowest BCUT2D eigenvalue weighted by Gasteiger charge is -2.33. The normalized spacial score (nSPS) is 16.4. The molecule has 1 saturated heterocycles. The largest absolute Gasteiger partial charge is 0.393 e. The van der Waals surface area contributed by atoms with Crippen molar-refractivity contribution in [1.29, 1.82) is 0 Å². The van der Waals surface area contributed by atoms with Crippen molar-refractivity contribution in [2.24, 2.45) is 5.92 Å². The van der Waals surface area contributed by atoms with Crippen LogP contribution in [-0.4, -0.2) is 33.9 Å². The number of anilines is 1. The van der Waals surface area contributed by atoms with Crippen LogP contribution < -0.4 is 10.5 Å². The lowest BCUT2D eigenvalue weighted by molar-refractivity contribution is 0.147. The number of aliphatic hydroxyl groups excluding tert-OH is 1. The van der Waals surface area contributed by atoms with Crippen LogP contribution >= 0.6 is 23.2 Å². The molecule has 152 valence electrons. The van der Waals surface area contributed by atoms with E-state index in [1.807, 2.05) is 6.92 Å². The molecule has 3 rings (SSSR count). The van der Waals surface area contributed by atoms with E-state index < -0.39 is 0 Å². The number of piperidine rings is 1. The van der Waals surface area contributed by atoms with Gasteiger partial charge in [-0.1, -0.05) is 36.2 Å². The summed E-state index contributed by atoms with van der Waals surface area (Å²) in [5.41, 5.74) is 0.378. The highest BCUT2D eigenvalue weighted by molar-refractivity contribution is 6.43. The second-order valence-electron chi connectivity index (χ2n) is 7.48. The molecule has 0 spiro atoms. The van der Waals surface area contributed by atoms with E-state index in [4.69, 9.17) is 23.2 Å². The highest BCUT2D eigenvalue weighted by Gasteiger charge is 2.22. The van der Waals surface area contributed by atoms with Crippen LogP contribution in [0.5, 0.6) is 0 Å². The van der Waals surface area contributed by atoms with Crippen LogP contribution in [0.2, 0.25) is 10.0 Å². The highest BCUT2D eigenvalue weighted by atomic mass is 35.5. The molecule has 7 heteroatoms. The Morgan fingerprint density at radius 2 is 2.00 bits per heavy atom. The fourth-order valence-electron chi connectivity index (χ4n) is 3.79. The molecule has 1 N–H and O–H groups in total. The molecule has 0 aliphatic carbocycles. The van der Waals surface area contributed by atoms with Gasteiger partial charge in [0.1, 0.15) is 11.6 Å². The summed E-state index contributed by atoms with van der Waals surface area (Å²) in [5.74, 6) is 1.92.